The average Bonchev–Trinajstić information content (AvgIpc) is 2.27. The molecule has 2 rings (SSSR count). The lowest BCUT2D eigenvalue weighted by Gasteiger charge is -2.39. The minimum Gasteiger partial charge on any atom is -0.399 e. The van der Waals surface area contributed by atoms with Crippen molar-refractivity contribution >= 4 is 17.3 Å². The van der Waals surface area contributed by atoms with E-state index in [4.69, 9.17) is 11.5 Å². The van der Waals surface area contributed by atoms with E-state index >= 15 is 0 Å². The van der Waals surface area contributed by atoms with E-state index in [0.717, 1.165) is 12.8 Å². The van der Waals surface area contributed by atoms with Crippen LogP contribution in [0.15, 0.2) is 18.2 Å². The molecular weight excluding hydrogens is 226 g/mol. The van der Waals surface area contributed by atoms with Crippen molar-refractivity contribution in [3.05, 3.63) is 23.8 Å². The predicted molar refractivity (Wildman–Crippen MR) is 74.2 cm³/mol. The van der Waals surface area contributed by atoms with Crippen molar-refractivity contribution in [3.8, 4) is 0 Å². The first kappa shape index (κ1) is 12.7. The van der Waals surface area contributed by atoms with Gasteiger partial charge in [-0.3, -0.25) is 4.79 Å². The Morgan fingerprint density at radius 1 is 1.11 bits per heavy atom. The normalized spacial score (nSPS) is 24.0. The van der Waals surface area contributed by atoms with E-state index in [1.54, 1.807) is 18.2 Å². The number of anilines is 2. The number of benzene rings is 1. The largest absolute Gasteiger partial charge is 0.399 e. The van der Waals surface area contributed by atoms with Crippen LogP contribution >= 0.6 is 0 Å². The molecule has 0 aliphatic carbocycles. The van der Waals surface area contributed by atoms with Crippen LogP contribution in [-0.2, 0) is 0 Å². The minimum atomic E-state index is 0.0358. The molecular formula is C14H21N3O. The summed E-state index contributed by atoms with van der Waals surface area (Å²) in [6.07, 6.45) is 3.31. The summed E-state index contributed by atoms with van der Waals surface area (Å²) < 4.78 is 0. The van der Waals surface area contributed by atoms with E-state index in [0.29, 0.717) is 16.9 Å². The molecule has 1 aromatic carbocycles. The van der Waals surface area contributed by atoms with E-state index in [2.05, 4.69) is 13.8 Å². The number of amides is 1. The number of nitrogen functional groups attached to an aromatic ring is 2. The van der Waals surface area contributed by atoms with Crippen LogP contribution in [0.4, 0.5) is 11.4 Å². The van der Waals surface area contributed by atoms with Crippen molar-refractivity contribution in [2.75, 3.05) is 11.5 Å². The highest BCUT2D eigenvalue weighted by molar-refractivity contribution is 5.96. The van der Waals surface area contributed by atoms with Gasteiger partial charge in [0.15, 0.2) is 0 Å². The first-order chi connectivity index (χ1) is 8.49. The zero-order valence-corrected chi connectivity index (χ0v) is 11.0. The molecule has 0 spiro atoms. The minimum absolute atomic E-state index is 0.0358. The lowest BCUT2D eigenvalue weighted by molar-refractivity contribution is 0.0511. The van der Waals surface area contributed by atoms with E-state index in [1.807, 2.05) is 4.90 Å². The van der Waals surface area contributed by atoms with Crippen molar-refractivity contribution in [2.24, 2.45) is 0 Å². The van der Waals surface area contributed by atoms with Crippen LogP contribution in [0.25, 0.3) is 0 Å². The molecule has 4 nitrogen and oxygen atoms in total. The van der Waals surface area contributed by atoms with Crippen molar-refractivity contribution in [1.82, 2.24) is 4.90 Å². The molecule has 0 aromatic heterocycles. The number of piperidine rings is 1. The molecule has 0 saturated carbocycles. The van der Waals surface area contributed by atoms with Crippen molar-refractivity contribution in [3.63, 3.8) is 0 Å². The standard InChI is InChI=1S/C14H21N3O/c1-9-4-3-5-10(2)17(9)14(18)11-6-12(15)8-13(16)7-11/h6-10H,3-5,15-16H2,1-2H3. The smallest absolute Gasteiger partial charge is 0.254 e. The second kappa shape index (κ2) is 4.88. The Kier molecular flexibility index (Phi) is 3.45. The highest BCUT2D eigenvalue weighted by Gasteiger charge is 2.29. The quantitative estimate of drug-likeness (QED) is 0.748. The van der Waals surface area contributed by atoms with E-state index in [9.17, 15) is 4.79 Å². The number of hydrogen-bond acceptors (Lipinski definition) is 3. The molecule has 98 valence electrons. The lowest BCUT2D eigenvalue weighted by atomic mass is 9.96. The molecule has 1 aromatic rings. The maximum absolute atomic E-state index is 12.5. The number of carbonyl (C=O) groups is 1. The maximum atomic E-state index is 12.5. The fourth-order valence-corrected chi connectivity index (χ4v) is 2.77. The molecule has 4 heteroatoms. The summed E-state index contributed by atoms with van der Waals surface area (Å²) in [5, 5.41) is 0. The summed E-state index contributed by atoms with van der Waals surface area (Å²) in [6, 6.07) is 5.63. The van der Waals surface area contributed by atoms with Gasteiger partial charge in [-0.05, 0) is 51.3 Å². The second-order valence-corrected chi connectivity index (χ2v) is 5.23. The predicted octanol–water partition coefficient (Wildman–Crippen LogP) is 2.25. The Morgan fingerprint density at radius 3 is 2.11 bits per heavy atom. The fraction of sp³-hybridized carbons (Fsp3) is 0.500. The van der Waals surface area contributed by atoms with Gasteiger partial charge in [0.25, 0.3) is 5.91 Å². The molecule has 1 heterocycles. The third kappa shape index (κ3) is 2.42. The third-order valence-corrected chi connectivity index (χ3v) is 3.65. The number of carbonyl (C=O) groups excluding carboxylic acids is 1. The number of nitrogens with zero attached hydrogens (tertiary/aromatic N) is 1. The molecule has 1 amide bonds. The van der Waals surface area contributed by atoms with Crippen LogP contribution in [0.1, 0.15) is 43.5 Å². The summed E-state index contributed by atoms with van der Waals surface area (Å²) in [4.78, 5) is 14.5. The summed E-state index contributed by atoms with van der Waals surface area (Å²) in [5.41, 5.74) is 13.2. The van der Waals surface area contributed by atoms with Crippen molar-refractivity contribution in [1.29, 1.82) is 0 Å². The molecule has 1 aliphatic rings. The Morgan fingerprint density at radius 2 is 1.61 bits per heavy atom. The van der Waals surface area contributed by atoms with Gasteiger partial charge in [-0.2, -0.15) is 0 Å². The zero-order chi connectivity index (χ0) is 13.3. The van der Waals surface area contributed by atoms with Gasteiger partial charge >= 0.3 is 0 Å². The van der Waals surface area contributed by atoms with Gasteiger partial charge in [0, 0.05) is 29.0 Å². The van der Waals surface area contributed by atoms with Crippen LogP contribution in [0.2, 0.25) is 0 Å². The van der Waals surface area contributed by atoms with E-state index in [1.165, 1.54) is 6.42 Å². The zero-order valence-electron chi connectivity index (χ0n) is 11.0. The number of rotatable bonds is 1. The summed E-state index contributed by atoms with van der Waals surface area (Å²) >= 11 is 0. The van der Waals surface area contributed by atoms with Crippen molar-refractivity contribution < 1.29 is 4.79 Å². The Labute approximate surface area is 108 Å². The first-order valence-corrected chi connectivity index (χ1v) is 6.47. The molecule has 1 aliphatic heterocycles. The maximum Gasteiger partial charge on any atom is 0.254 e. The Bertz CT molecular complexity index is 428. The van der Waals surface area contributed by atoms with Crippen LogP contribution in [0.3, 0.4) is 0 Å². The van der Waals surface area contributed by atoms with E-state index < -0.39 is 0 Å². The topological polar surface area (TPSA) is 72.3 Å². The Balaban J connectivity index is 2.29. The van der Waals surface area contributed by atoms with Crippen LogP contribution in [0, 0.1) is 0 Å². The summed E-state index contributed by atoms with van der Waals surface area (Å²) in [6.45, 7) is 4.20. The van der Waals surface area contributed by atoms with Crippen molar-refractivity contribution in [2.45, 2.75) is 45.2 Å². The number of hydrogen-bond donors (Lipinski definition) is 2. The van der Waals surface area contributed by atoms with Crippen LogP contribution in [0.5, 0.6) is 0 Å². The van der Waals surface area contributed by atoms with E-state index in [-0.39, 0.29) is 18.0 Å². The molecule has 0 bridgehead atoms. The molecule has 2 atom stereocenters. The lowest BCUT2D eigenvalue weighted by Crippen LogP contribution is -2.47. The highest BCUT2D eigenvalue weighted by Crippen LogP contribution is 2.25. The second-order valence-electron chi connectivity index (χ2n) is 5.23. The molecule has 18 heavy (non-hydrogen) atoms. The van der Waals surface area contributed by atoms with Gasteiger partial charge in [-0.25, -0.2) is 0 Å². The van der Waals surface area contributed by atoms with Crippen LogP contribution < -0.4 is 11.5 Å². The monoisotopic (exact) mass is 247 g/mol. The van der Waals surface area contributed by atoms with Gasteiger partial charge in [-0.1, -0.05) is 0 Å². The number of nitrogens with two attached hydrogens (primary N) is 2. The molecule has 0 radical (unpaired) electrons. The third-order valence-electron chi connectivity index (χ3n) is 3.65. The highest BCUT2D eigenvalue weighted by atomic mass is 16.2. The van der Waals surface area contributed by atoms with Gasteiger partial charge in [-0.15, -0.1) is 0 Å². The molecule has 2 unspecified atom stereocenters. The van der Waals surface area contributed by atoms with Gasteiger partial charge in [0.1, 0.15) is 0 Å². The van der Waals surface area contributed by atoms with Crippen LogP contribution in [-0.4, -0.2) is 22.9 Å². The summed E-state index contributed by atoms with van der Waals surface area (Å²) in [5.74, 6) is 0.0358. The SMILES string of the molecule is CC1CCCC(C)N1C(=O)c1cc(N)cc(N)c1. The average molecular weight is 247 g/mol. The molecule has 1 fully saturated rings. The van der Waals surface area contributed by atoms with Gasteiger partial charge in [0.05, 0.1) is 0 Å². The molecule has 1 saturated heterocycles. The fourth-order valence-electron chi connectivity index (χ4n) is 2.77. The van der Waals surface area contributed by atoms with Gasteiger partial charge < -0.3 is 16.4 Å². The first-order valence-electron chi connectivity index (χ1n) is 6.47. The summed E-state index contributed by atoms with van der Waals surface area (Å²) in [7, 11) is 0. The number of likely N-dealkylation sites (tertiary alicyclic amines) is 1. The molecule has 4 N–H and O–H groups in total. The Hall–Kier alpha value is -1.71. The van der Waals surface area contributed by atoms with Gasteiger partial charge in [0.2, 0.25) is 0 Å².